The second-order valence-corrected chi connectivity index (χ2v) is 10.00. The molecule has 234 valence electrons. The molecule has 0 aliphatic heterocycles. The Morgan fingerprint density at radius 2 is 1.70 bits per heavy atom. The number of anilines is 2. The van der Waals surface area contributed by atoms with Crippen molar-refractivity contribution >= 4 is 34.2 Å². The minimum absolute atomic E-state index is 0.00265. The Bertz CT molecular complexity index is 1570. The first kappa shape index (κ1) is 33.5. The second kappa shape index (κ2) is 14.9. The van der Waals surface area contributed by atoms with Crippen LogP contribution in [0.1, 0.15) is 37.9 Å². The van der Waals surface area contributed by atoms with Gasteiger partial charge < -0.3 is 30.5 Å². The van der Waals surface area contributed by atoms with E-state index in [-0.39, 0.29) is 12.0 Å². The number of aliphatic carboxylic acids is 1. The Morgan fingerprint density at radius 3 is 2.32 bits per heavy atom. The number of carbonyl (C=O) groups is 2. The number of hydrogen-bond donors (Lipinski definition) is 3. The van der Waals surface area contributed by atoms with Gasteiger partial charge >= 0.3 is 12.1 Å². The lowest BCUT2D eigenvalue weighted by atomic mass is 10.0. The molecule has 12 heteroatoms. The van der Waals surface area contributed by atoms with E-state index in [0.29, 0.717) is 30.5 Å². The molecule has 0 spiro atoms. The van der Waals surface area contributed by atoms with Crippen molar-refractivity contribution < 1.29 is 37.3 Å². The quantitative estimate of drug-likeness (QED) is 0.187. The van der Waals surface area contributed by atoms with Crippen LogP contribution >= 0.6 is 0 Å². The summed E-state index contributed by atoms with van der Waals surface area (Å²) in [5, 5.41) is 12.4. The smallest absolute Gasteiger partial charge is 0.490 e. The van der Waals surface area contributed by atoms with E-state index in [2.05, 4.69) is 10.3 Å². The van der Waals surface area contributed by atoms with E-state index in [4.69, 9.17) is 25.1 Å². The summed E-state index contributed by atoms with van der Waals surface area (Å²) in [5.74, 6) is -1.10. The number of nitrogens with one attached hydrogen (secondary N) is 1. The number of nitrogens with two attached hydrogens (primary N) is 1. The lowest BCUT2D eigenvalue weighted by molar-refractivity contribution is -0.192. The van der Waals surface area contributed by atoms with E-state index in [1.807, 2.05) is 101 Å². The summed E-state index contributed by atoms with van der Waals surface area (Å²) >= 11 is 0. The molecule has 4 aromatic rings. The molecule has 1 heterocycles. The first-order chi connectivity index (χ1) is 20.8. The Hall–Kier alpha value is -5.00. The number of rotatable bonds is 10. The van der Waals surface area contributed by atoms with Crippen LogP contribution in [0.3, 0.4) is 0 Å². The zero-order chi connectivity index (χ0) is 32.4. The number of likely N-dealkylation sites (N-methyl/N-ethyl adjacent to an activating group) is 1. The van der Waals surface area contributed by atoms with Gasteiger partial charge in [0.25, 0.3) is 0 Å². The van der Waals surface area contributed by atoms with Crippen molar-refractivity contribution in [2.45, 2.75) is 45.6 Å². The van der Waals surface area contributed by atoms with Gasteiger partial charge in [0.05, 0.1) is 12.7 Å². The number of nitrogen functional groups attached to an aromatic ring is 1. The van der Waals surface area contributed by atoms with Gasteiger partial charge in [-0.25, -0.2) is 9.78 Å². The summed E-state index contributed by atoms with van der Waals surface area (Å²) in [7, 11) is 1.82. The Labute approximate surface area is 253 Å². The van der Waals surface area contributed by atoms with Crippen LogP contribution in [0.4, 0.5) is 24.7 Å². The summed E-state index contributed by atoms with van der Waals surface area (Å²) in [5.41, 5.74) is 8.67. The van der Waals surface area contributed by atoms with Gasteiger partial charge in [-0.05, 0) is 73.7 Å². The van der Waals surface area contributed by atoms with Gasteiger partial charge in [0, 0.05) is 30.9 Å². The lowest BCUT2D eigenvalue weighted by Crippen LogP contribution is -2.35. The standard InChI is InChI=1S/C30H34N4O3.C2HF3O2/c1-5-36-27-18-23(11-14-26(27)37-20(2)3)28(30(35)34(4)19-21-9-7-6-8-10-21)33-24-12-13-25-22(17-24)15-16-32-29(25)31;3-2(4,5)1(6)7/h6-18,20,28,33H,5,19H2,1-4H3,(H2,31,32);(H,6,7)/t28-;/m1./s1. The number of nitrogens with zero attached hydrogens (tertiary/aromatic N) is 2. The maximum absolute atomic E-state index is 13.9. The van der Waals surface area contributed by atoms with Crippen molar-refractivity contribution in [3.05, 3.63) is 90.1 Å². The first-order valence-corrected chi connectivity index (χ1v) is 13.7. The molecule has 0 bridgehead atoms. The number of fused-ring (bicyclic) bond motifs is 1. The fourth-order valence-electron chi connectivity index (χ4n) is 4.22. The highest BCUT2D eigenvalue weighted by molar-refractivity contribution is 5.94. The van der Waals surface area contributed by atoms with Crippen LogP contribution in [0.2, 0.25) is 0 Å². The Kier molecular flexibility index (Phi) is 11.4. The predicted octanol–water partition coefficient (Wildman–Crippen LogP) is 6.45. The molecule has 0 radical (unpaired) electrons. The van der Waals surface area contributed by atoms with Crippen LogP contribution in [0, 0.1) is 0 Å². The predicted molar refractivity (Wildman–Crippen MR) is 163 cm³/mol. The highest BCUT2D eigenvalue weighted by Gasteiger charge is 2.38. The van der Waals surface area contributed by atoms with Crippen molar-refractivity contribution in [3.63, 3.8) is 0 Å². The number of alkyl halides is 3. The molecule has 9 nitrogen and oxygen atoms in total. The van der Waals surface area contributed by atoms with E-state index in [0.717, 1.165) is 27.6 Å². The minimum Gasteiger partial charge on any atom is -0.490 e. The third-order valence-corrected chi connectivity index (χ3v) is 6.20. The fourth-order valence-corrected chi connectivity index (χ4v) is 4.22. The van der Waals surface area contributed by atoms with E-state index >= 15 is 0 Å². The number of benzene rings is 3. The highest BCUT2D eigenvalue weighted by Crippen LogP contribution is 2.34. The van der Waals surface area contributed by atoms with Gasteiger partial charge in [-0.3, -0.25) is 4.79 Å². The molecule has 0 aliphatic carbocycles. The van der Waals surface area contributed by atoms with E-state index in [9.17, 15) is 18.0 Å². The average Bonchev–Trinajstić information content (AvgIpc) is 2.97. The lowest BCUT2D eigenvalue weighted by Gasteiger charge is -2.27. The molecule has 4 rings (SSSR count). The van der Waals surface area contributed by atoms with E-state index in [1.54, 1.807) is 11.1 Å². The molecule has 0 aliphatic rings. The van der Waals surface area contributed by atoms with Crippen molar-refractivity contribution in [1.82, 2.24) is 9.88 Å². The Balaban J connectivity index is 0.000000676. The molecule has 0 saturated carbocycles. The molecule has 1 amide bonds. The summed E-state index contributed by atoms with van der Waals surface area (Å²) in [4.78, 5) is 28.7. The molecule has 1 aromatic heterocycles. The normalized spacial score (nSPS) is 11.7. The van der Waals surface area contributed by atoms with Crippen LogP contribution in [-0.4, -0.2) is 52.8 Å². The van der Waals surface area contributed by atoms with Crippen LogP contribution in [-0.2, 0) is 16.1 Å². The van der Waals surface area contributed by atoms with Gasteiger partial charge in [0.15, 0.2) is 11.5 Å². The topological polar surface area (TPSA) is 127 Å². The molecule has 3 aromatic carbocycles. The summed E-state index contributed by atoms with van der Waals surface area (Å²) in [6, 6.07) is 22.7. The summed E-state index contributed by atoms with van der Waals surface area (Å²) < 4.78 is 43.6. The SMILES string of the molecule is CCOc1cc([C@@H](Nc2ccc3c(N)nccc3c2)C(=O)N(C)Cc2ccccc2)ccc1OC(C)C.O=C(O)C(F)(F)F. The van der Waals surface area contributed by atoms with E-state index in [1.165, 1.54) is 0 Å². The van der Waals surface area contributed by atoms with Crippen molar-refractivity contribution in [2.75, 3.05) is 24.7 Å². The van der Waals surface area contributed by atoms with Crippen LogP contribution in [0.15, 0.2) is 79.0 Å². The molecule has 0 saturated heterocycles. The number of ether oxygens (including phenoxy) is 2. The third kappa shape index (κ3) is 9.25. The van der Waals surface area contributed by atoms with Crippen molar-refractivity contribution in [2.24, 2.45) is 0 Å². The number of carboxylic acids is 1. The maximum atomic E-state index is 13.9. The fraction of sp³-hybridized carbons (Fsp3) is 0.281. The van der Waals surface area contributed by atoms with Gasteiger partial charge in [-0.1, -0.05) is 36.4 Å². The molecular formula is C32H35F3N4O5. The van der Waals surface area contributed by atoms with Crippen molar-refractivity contribution in [3.8, 4) is 11.5 Å². The summed E-state index contributed by atoms with van der Waals surface area (Å²) in [6.07, 6.45) is -3.41. The molecule has 4 N–H and O–H groups in total. The Morgan fingerprint density at radius 1 is 1.02 bits per heavy atom. The largest absolute Gasteiger partial charge is 0.490 e. The number of carboxylic acid groups (broad SMARTS) is 1. The summed E-state index contributed by atoms with van der Waals surface area (Å²) in [6.45, 7) is 6.84. The number of carbonyl (C=O) groups excluding carboxylic acids is 1. The molecular weight excluding hydrogens is 577 g/mol. The number of aromatic nitrogens is 1. The number of pyridine rings is 1. The second-order valence-electron chi connectivity index (χ2n) is 10.00. The highest BCUT2D eigenvalue weighted by atomic mass is 19.4. The van der Waals surface area contributed by atoms with Gasteiger partial charge in [-0.2, -0.15) is 13.2 Å². The number of halogens is 3. The molecule has 0 fully saturated rings. The van der Waals surface area contributed by atoms with Crippen LogP contribution < -0.4 is 20.5 Å². The van der Waals surface area contributed by atoms with Gasteiger partial charge in [0.2, 0.25) is 5.91 Å². The molecule has 0 unspecified atom stereocenters. The van der Waals surface area contributed by atoms with Crippen LogP contribution in [0.5, 0.6) is 11.5 Å². The minimum atomic E-state index is -5.08. The van der Waals surface area contributed by atoms with E-state index < -0.39 is 18.2 Å². The zero-order valence-corrected chi connectivity index (χ0v) is 24.8. The zero-order valence-electron chi connectivity index (χ0n) is 24.8. The number of hydrogen-bond acceptors (Lipinski definition) is 7. The number of amides is 1. The monoisotopic (exact) mass is 612 g/mol. The third-order valence-electron chi connectivity index (χ3n) is 6.20. The van der Waals surface area contributed by atoms with Gasteiger partial charge in [0.1, 0.15) is 11.9 Å². The molecule has 1 atom stereocenters. The van der Waals surface area contributed by atoms with Crippen molar-refractivity contribution in [1.29, 1.82) is 0 Å². The first-order valence-electron chi connectivity index (χ1n) is 13.7. The molecule has 44 heavy (non-hydrogen) atoms. The maximum Gasteiger partial charge on any atom is 0.490 e. The average molecular weight is 613 g/mol. The van der Waals surface area contributed by atoms with Crippen LogP contribution in [0.25, 0.3) is 10.8 Å². The van der Waals surface area contributed by atoms with Gasteiger partial charge in [-0.15, -0.1) is 0 Å².